The molecule has 33 heavy (non-hydrogen) atoms. The van der Waals surface area contributed by atoms with E-state index in [1.807, 2.05) is 6.07 Å². The quantitative estimate of drug-likeness (QED) is 0.505. The van der Waals surface area contributed by atoms with Gasteiger partial charge in [0.25, 0.3) is 5.91 Å². The number of esters is 1. The van der Waals surface area contributed by atoms with Crippen LogP contribution in [0.15, 0.2) is 60.1 Å². The summed E-state index contributed by atoms with van der Waals surface area (Å²) in [7, 11) is 1.32. The van der Waals surface area contributed by atoms with Gasteiger partial charge < -0.3 is 14.4 Å². The van der Waals surface area contributed by atoms with Crippen molar-refractivity contribution < 1.29 is 23.9 Å². The average Bonchev–Trinajstić information content (AvgIpc) is 3.11. The molecule has 1 fully saturated rings. The number of carbonyl (C=O) groups excluding carboxylic acids is 3. The molecule has 1 aromatic carbocycles. The number of hydrogen-bond acceptors (Lipinski definition) is 6. The number of hydrogen-bond donors (Lipinski definition) is 0. The molecule has 1 saturated carbocycles. The Morgan fingerprint density at radius 2 is 2.00 bits per heavy atom. The molecule has 1 amide bonds. The first-order chi connectivity index (χ1) is 16.0. The Morgan fingerprint density at radius 1 is 1.21 bits per heavy atom. The van der Waals surface area contributed by atoms with Crippen LogP contribution >= 0.6 is 11.6 Å². The van der Waals surface area contributed by atoms with Crippen molar-refractivity contribution in [3.8, 4) is 0 Å². The minimum atomic E-state index is -0.622. The summed E-state index contributed by atoms with van der Waals surface area (Å²) >= 11 is 6.37. The van der Waals surface area contributed by atoms with Gasteiger partial charge in [0.1, 0.15) is 6.10 Å². The number of pyridine rings is 1. The van der Waals surface area contributed by atoms with Gasteiger partial charge in [-0.3, -0.25) is 14.6 Å². The zero-order valence-corrected chi connectivity index (χ0v) is 18.8. The van der Waals surface area contributed by atoms with Crippen LogP contribution in [0.25, 0.3) is 0 Å². The molecule has 3 heterocycles. The van der Waals surface area contributed by atoms with Crippen molar-refractivity contribution in [3.05, 3.63) is 76.8 Å². The fraction of sp³-hybridized carbons (Fsp3) is 0.360. The van der Waals surface area contributed by atoms with Gasteiger partial charge >= 0.3 is 5.97 Å². The van der Waals surface area contributed by atoms with Crippen LogP contribution in [0.1, 0.15) is 46.8 Å². The number of methoxy groups -OCH3 is 1. The van der Waals surface area contributed by atoms with Crippen LogP contribution < -0.4 is 0 Å². The van der Waals surface area contributed by atoms with Crippen LogP contribution in [0.3, 0.4) is 0 Å². The largest absolute Gasteiger partial charge is 0.483 e. The smallest absolute Gasteiger partial charge is 0.337 e. The fourth-order valence-electron chi connectivity index (χ4n) is 4.98. The van der Waals surface area contributed by atoms with Crippen LogP contribution in [0, 0.1) is 5.92 Å². The zero-order valence-electron chi connectivity index (χ0n) is 18.1. The number of alkyl halides is 1. The molecule has 1 aromatic heterocycles. The molecule has 7 nitrogen and oxygen atoms in total. The number of nitrogens with zero attached hydrogens (tertiary/aromatic N) is 2. The molecule has 4 atom stereocenters. The van der Waals surface area contributed by atoms with Gasteiger partial charge in [-0.15, -0.1) is 11.6 Å². The summed E-state index contributed by atoms with van der Waals surface area (Å²) in [6.45, 7) is 0.271. The van der Waals surface area contributed by atoms with Gasteiger partial charge in [-0.2, -0.15) is 0 Å². The zero-order chi connectivity index (χ0) is 23.1. The first-order valence-corrected chi connectivity index (χ1v) is 11.4. The van der Waals surface area contributed by atoms with E-state index in [0.717, 1.165) is 17.5 Å². The lowest BCUT2D eigenvalue weighted by Gasteiger charge is -2.37. The van der Waals surface area contributed by atoms with Crippen molar-refractivity contribution in [3.63, 3.8) is 0 Å². The van der Waals surface area contributed by atoms with Crippen LogP contribution in [0.4, 0.5) is 0 Å². The minimum Gasteiger partial charge on any atom is -0.483 e. The molecule has 4 unspecified atom stereocenters. The second-order valence-electron chi connectivity index (χ2n) is 8.59. The van der Waals surface area contributed by atoms with E-state index in [4.69, 9.17) is 21.1 Å². The number of ether oxygens (including phenoxy) is 2. The minimum absolute atomic E-state index is 0.0734. The maximum atomic E-state index is 13.7. The van der Waals surface area contributed by atoms with Gasteiger partial charge in [-0.1, -0.05) is 18.2 Å². The van der Waals surface area contributed by atoms with E-state index in [-0.39, 0.29) is 41.4 Å². The number of carbonyl (C=O) groups is 3. The average molecular weight is 467 g/mol. The monoisotopic (exact) mass is 466 g/mol. The molecule has 5 rings (SSSR count). The number of Topliss-reactive ketones (excluding diaryl/α,β-unsaturated/α-hetero) is 1. The van der Waals surface area contributed by atoms with E-state index in [9.17, 15) is 14.4 Å². The van der Waals surface area contributed by atoms with E-state index < -0.39 is 12.0 Å². The third kappa shape index (κ3) is 3.80. The second-order valence-corrected chi connectivity index (χ2v) is 9.21. The number of fused-ring (bicyclic) bond motifs is 1. The highest BCUT2D eigenvalue weighted by Crippen LogP contribution is 2.47. The van der Waals surface area contributed by atoms with Crippen molar-refractivity contribution in [1.82, 2.24) is 9.88 Å². The van der Waals surface area contributed by atoms with E-state index >= 15 is 0 Å². The maximum Gasteiger partial charge on any atom is 0.337 e. The van der Waals surface area contributed by atoms with Gasteiger partial charge in [-0.05, 0) is 48.6 Å². The molecule has 8 heteroatoms. The van der Waals surface area contributed by atoms with E-state index in [2.05, 4.69) is 4.98 Å². The number of halogens is 1. The molecule has 0 N–H and O–H groups in total. The Balaban J connectivity index is 1.56. The van der Waals surface area contributed by atoms with Crippen molar-refractivity contribution in [2.24, 2.45) is 5.92 Å². The Kier molecular flexibility index (Phi) is 5.66. The maximum absolute atomic E-state index is 13.7. The lowest BCUT2D eigenvalue weighted by atomic mass is 9.77. The number of benzene rings is 1. The molecule has 0 bridgehead atoms. The molecule has 0 spiro atoms. The first-order valence-electron chi connectivity index (χ1n) is 10.9. The van der Waals surface area contributed by atoms with Gasteiger partial charge in [-0.25, -0.2) is 4.79 Å². The Labute approximate surface area is 196 Å². The molecule has 170 valence electrons. The van der Waals surface area contributed by atoms with Crippen LogP contribution in [0.2, 0.25) is 0 Å². The molecular formula is C25H23ClN2O5. The second kappa shape index (κ2) is 8.63. The molecule has 1 aliphatic carbocycles. The summed E-state index contributed by atoms with van der Waals surface area (Å²) in [5, 5.41) is -0.0812. The highest BCUT2D eigenvalue weighted by atomic mass is 35.5. The standard InChI is InChI=1S/C25H23ClN2O5/c1-32-25(31)16-6-4-15(5-7-16)21-20-22(29)18-11-17(26)8-9-19(18)33-23(20)24(30)28(21)13-14-3-2-10-27-12-14/h2-7,10,12,17-19,21H,8-9,11,13H2,1H3. The Bertz CT molecular complexity index is 1130. The predicted octanol–water partition coefficient (Wildman–Crippen LogP) is 3.58. The van der Waals surface area contributed by atoms with Gasteiger partial charge in [0.2, 0.25) is 0 Å². The van der Waals surface area contributed by atoms with Crippen LogP contribution in [0.5, 0.6) is 0 Å². The molecule has 2 aromatic rings. The summed E-state index contributed by atoms with van der Waals surface area (Å²) in [6, 6.07) is 9.85. The summed E-state index contributed by atoms with van der Waals surface area (Å²) in [5.74, 6) is -1.05. The van der Waals surface area contributed by atoms with Crippen molar-refractivity contribution in [2.75, 3.05) is 7.11 Å². The van der Waals surface area contributed by atoms with Crippen molar-refractivity contribution in [2.45, 2.75) is 43.3 Å². The lowest BCUT2D eigenvalue weighted by molar-refractivity contribution is -0.135. The first kappa shape index (κ1) is 21.6. The molecule has 2 aliphatic heterocycles. The summed E-state index contributed by atoms with van der Waals surface area (Å²) in [4.78, 5) is 44.8. The molecule has 0 radical (unpaired) electrons. The number of amides is 1. The van der Waals surface area contributed by atoms with Gasteiger partial charge in [0.15, 0.2) is 11.5 Å². The third-order valence-corrected chi connectivity index (χ3v) is 7.00. The summed E-state index contributed by atoms with van der Waals surface area (Å²) in [5.41, 5.74) is 2.33. The topological polar surface area (TPSA) is 85.8 Å². The van der Waals surface area contributed by atoms with Gasteiger partial charge in [0.05, 0.1) is 30.2 Å². The molecule has 0 saturated heterocycles. The fourth-order valence-corrected chi connectivity index (χ4v) is 5.30. The highest BCUT2D eigenvalue weighted by Gasteiger charge is 2.52. The van der Waals surface area contributed by atoms with Crippen molar-refractivity contribution >= 4 is 29.3 Å². The third-order valence-electron chi connectivity index (χ3n) is 6.60. The van der Waals surface area contributed by atoms with Gasteiger partial charge in [0, 0.05) is 24.3 Å². The Morgan fingerprint density at radius 3 is 2.70 bits per heavy atom. The van der Waals surface area contributed by atoms with Crippen molar-refractivity contribution in [1.29, 1.82) is 0 Å². The normalized spacial score (nSPS) is 26.5. The highest BCUT2D eigenvalue weighted by molar-refractivity contribution is 6.21. The van der Waals surface area contributed by atoms with Crippen LogP contribution in [-0.4, -0.2) is 46.1 Å². The lowest BCUT2D eigenvalue weighted by Crippen LogP contribution is -2.41. The number of rotatable bonds is 4. The summed E-state index contributed by atoms with van der Waals surface area (Å²) in [6.07, 6.45) is 4.98. The Hall–Kier alpha value is -3.19. The summed E-state index contributed by atoms with van der Waals surface area (Å²) < 4.78 is 10.9. The number of aromatic nitrogens is 1. The molecular weight excluding hydrogens is 444 g/mol. The number of ketones is 1. The predicted molar refractivity (Wildman–Crippen MR) is 119 cm³/mol. The van der Waals surface area contributed by atoms with E-state index in [0.29, 0.717) is 24.0 Å². The van der Waals surface area contributed by atoms with Crippen LogP contribution in [-0.2, 0) is 25.6 Å². The van der Waals surface area contributed by atoms with E-state index in [1.165, 1.54) is 7.11 Å². The SMILES string of the molecule is COC(=O)c1ccc(C2C3=C(OC4CCC(Cl)CC4C3=O)C(=O)N2Cc2cccnc2)cc1. The van der Waals surface area contributed by atoms with E-state index in [1.54, 1.807) is 47.6 Å². The molecule has 3 aliphatic rings.